The van der Waals surface area contributed by atoms with Crippen LogP contribution in [0, 0.1) is 6.92 Å². The van der Waals surface area contributed by atoms with Crippen molar-refractivity contribution in [1.82, 2.24) is 0 Å². The van der Waals surface area contributed by atoms with Gasteiger partial charge in [-0.25, -0.2) is 0 Å². The van der Waals surface area contributed by atoms with Crippen LogP contribution in [0.15, 0.2) is 72.3 Å². The average molecular weight is 445 g/mol. The molecule has 1 unspecified atom stereocenters. The Morgan fingerprint density at radius 3 is 2.30 bits per heavy atom. The average Bonchev–Trinajstić information content (AvgIpc) is 3.09. The molecule has 0 saturated carbocycles. The van der Waals surface area contributed by atoms with Crippen molar-refractivity contribution in [2.75, 3.05) is 19.1 Å². The molecular weight excluding hydrogens is 422 g/mol. The first kappa shape index (κ1) is 22.0. The molecule has 7 heteroatoms. The summed E-state index contributed by atoms with van der Waals surface area (Å²) in [5.41, 5.74) is 2.12. The van der Waals surface area contributed by atoms with Crippen LogP contribution in [-0.4, -0.2) is 36.1 Å². The number of ether oxygens (including phenoxy) is 2. The maximum absolute atomic E-state index is 13.2. The van der Waals surface area contributed by atoms with Gasteiger partial charge in [0.25, 0.3) is 11.7 Å². The number of aliphatic hydroxyl groups excluding tert-OH is 1. The van der Waals surface area contributed by atoms with E-state index in [-0.39, 0.29) is 17.1 Å². The normalized spacial score (nSPS) is 17.3. The van der Waals surface area contributed by atoms with Crippen molar-refractivity contribution in [2.45, 2.75) is 13.0 Å². The van der Waals surface area contributed by atoms with Gasteiger partial charge >= 0.3 is 0 Å². The monoisotopic (exact) mass is 445 g/mol. The van der Waals surface area contributed by atoms with Crippen LogP contribution in [0.4, 0.5) is 5.69 Å². The van der Waals surface area contributed by atoms with Gasteiger partial charge in [-0.15, -0.1) is 0 Å². The molecule has 1 fully saturated rings. The van der Waals surface area contributed by atoms with E-state index in [9.17, 15) is 19.8 Å². The molecule has 0 spiro atoms. The van der Waals surface area contributed by atoms with Gasteiger partial charge in [0.05, 0.1) is 25.8 Å². The lowest BCUT2D eigenvalue weighted by molar-refractivity contribution is -0.132. The van der Waals surface area contributed by atoms with Crippen LogP contribution in [-0.2, 0) is 9.59 Å². The molecule has 0 aromatic heterocycles. The summed E-state index contributed by atoms with van der Waals surface area (Å²) >= 11 is 0. The summed E-state index contributed by atoms with van der Waals surface area (Å²) in [5, 5.41) is 21.0. The third kappa shape index (κ3) is 3.89. The number of nitrogens with zero attached hydrogens (tertiary/aromatic N) is 1. The lowest BCUT2D eigenvalue weighted by atomic mass is 9.94. The van der Waals surface area contributed by atoms with Crippen LogP contribution < -0.4 is 14.4 Å². The van der Waals surface area contributed by atoms with E-state index < -0.39 is 17.7 Å². The number of aliphatic hydroxyl groups is 1. The van der Waals surface area contributed by atoms with Crippen molar-refractivity contribution in [3.8, 4) is 17.2 Å². The van der Waals surface area contributed by atoms with Gasteiger partial charge < -0.3 is 19.7 Å². The maximum Gasteiger partial charge on any atom is 0.300 e. The summed E-state index contributed by atoms with van der Waals surface area (Å²) in [5.74, 6) is -0.663. The molecule has 1 aliphatic rings. The van der Waals surface area contributed by atoms with E-state index in [1.165, 1.54) is 24.1 Å². The fourth-order valence-electron chi connectivity index (χ4n) is 4.01. The van der Waals surface area contributed by atoms with Gasteiger partial charge in [-0.3, -0.25) is 14.5 Å². The highest BCUT2D eigenvalue weighted by Gasteiger charge is 2.47. The fraction of sp³-hybridized carbons (Fsp3) is 0.154. The minimum atomic E-state index is -0.903. The molecule has 1 heterocycles. The topological polar surface area (TPSA) is 96.3 Å². The molecule has 3 aromatic rings. The third-order valence-corrected chi connectivity index (χ3v) is 5.65. The zero-order valence-electron chi connectivity index (χ0n) is 18.4. The number of hydrogen-bond acceptors (Lipinski definition) is 6. The van der Waals surface area contributed by atoms with Crippen LogP contribution in [0.3, 0.4) is 0 Å². The predicted molar refractivity (Wildman–Crippen MR) is 124 cm³/mol. The molecule has 2 N–H and O–H groups in total. The molecule has 0 bridgehead atoms. The first-order chi connectivity index (χ1) is 15.8. The molecule has 168 valence electrons. The number of ketones is 1. The van der Waals surface area contributed by atoms with E-state index in [0.717, 1.165) is 5.56 Å². The number of carbonyl (C=O) groups excluding carboxylic acids is 2. The summed E-state index contributed by atoms with van der Waals surface area (Å²) in [4.78, 5) is 27.7. The molecule has 1 aliphatic heterocycles. The standard InChI is InChI=1S/C26H23NO6/c1-15-13-17(9-12-21(15)33-3)24(29)22-23(16-7-10-19(28)11-8-16)27(26(31)25(22)30)18-5-4-6-20(14-18)32-2/h4-14,23,28-29H,1-3H3/b24-22+. The molecule has 7 nitrogen and oxygen atoms in total. The maximum atomic E-state index is 13.2. The highest BCUT2D eigenvalue weighted by atomic mass is 16.5. The summed E-state index contributed by atoms with van der Waals surface area (Å²) in [6, 6.07) is 17.1. The lowest BCUT2D eigenvalue weighted by Crippen LogP contribution is -2.29. The summed E-state index contributed by atoms with van der Waals surface area (Å²) in [6.07, 6.45) is 0. The van der Waals surface area contributed by atoms with Crippen LogP contribution in [0.2, 0.25) is 0 Å². The van der Waals surface area contributed by atoms with Crippen LogP contribution in [0.25, 0.3) is 5.76 Å². The van der Waals surface area contributed by atoms with Crippen molar-refractivity contribution in [3.05, 3.63) is 89.0 Å². The number of hydrogen-bond donors (Lipinski definition) is 2. The molecule has 4 rings (SSSR count). The Morgan fingerprint density at radius 2 is 1.67 bits per heavy atom. The number of amides is 1. The number of phenols is 1. The van der Waals surface area contributed by atoms with Gasteiger partial charge in [-0.05, 0) is 60.5 Å². The molecule has 1 saturated heterocycles. The highest BCUT2D eigenvalue weighted by molar-refractivity contribution is 6.51. The SMILES string of the molecule is COc1cccc(N2C(=O)C(=O)/C(=C(/O)c3ccc(OC)c(C)c3)C2c2ccc(O)cc2)c1. The van der Waals surface area contributed by atoms with Gasteiger partial charge in [0, 0.05) is 17.3 Å². The lowest BCUT2D eigenvalue weighted by Gasteiger charge is -2.25. The Balaban J connectivity index is 1.93. The second-order valence-electron chi connectivity index (χ2n) is 7.65. The Bertz CT molecular complexity index is 1260. The number of anilines is 1. The number of methoxy groups -OCH3 is 2. The smallest absolute Gasteiger partial charge is 0.300 e. The third-order valence-electron chi connectivity index (χ3n) is 5.65. The van der Waals surface area contributed by atoms with Gasteiger partial charge in [-0.2, -0.15) is 0 Å². The van der Waals surface area contributed by atoms with Crippen molar-refractivity contribution < 1.29 is 29.3 Å². The number of aromatic hydroxyl groups is 1. The van der Waals surface area contributed by atoms with Gasteiger partial charge in [0.1, 0.15) is 23.0 Å². The minimum absolute atomic E-state index is 0.0434. The second kappa shape index (κ2) is 8.70. The highest BCUT2D eigenvalue weighted by Crippen LogP contribution is 2.43. The van der Waals surface area contributed by atoms with Crippen molar-refractivity contribution in [2.24, 2.45) is 0 Å². The first-order valence-corrected chi connectivity index (χ1v) is 10.2. The summed E-state index contributed by atoms with van der Waals surface area (Å²) in [6.45, 7) is 1.82. The summed E-state index contributed by atoms with van der Waals surface area (Å²) < 4.78 is 10.6. The van der Waals surface area contributed by atoms with Crippen molar-refractivity contribution in [1.29, 1.82) is 0 Å². The largest absolute Gasteiger partial charge is 0.508 e. The number of phenolic OH excluding ortho intramolecular Hbond substituents is 1. The van der Waals surface area contributed by atoms with E-state index in [4.69, 9.17) is 9.47 Å². The molecule has 1 atom stereocenters. The molecule has 0 aliphatic carbocycles. The first-order valence-electron chi connectivity index (χ1n) is 10.2. The fourth-order valence-corrected chi connectivity index (χ4v) is 4.01. The van der Waals surface area contributed by atoms with Crippen LogP contribution in [0.1, 0.15) is 22.7 Å². The number of rotatable bonds is 5. The number of Topliss-reactive ketones (excluding diaryl/α,β-unsaturated/α-hetero) is 1. The van der Waals surface area contributed by atoms with E-state index in [1.54, 1.807) is 61.7 Å². The molecule has 1 amide bonds. The predicted octanol–water partition coefficient (Wildman–Crippen LogP) is 4.34. The zero-order chi connectivity index (χ0) is 23.7. The van der Waals surface area contributed by atoms with E-state index >= 15 is 0 Å². The van der Waals surface area contributed by atoms with Crippen molar-refractivity contribution in [3.63, 3.8) is 0 Å². The molecule has 33 heavy (non-hydrogen) atoms. The summed E-state index contributed by atoms with van der Waals surface area (Å²) in [7, 11) is 3.06. The number of carbonyl (C=O) groups is 2. The Hall–Kier alpha value is -4.26. The molecule has 0 radical (unpaired) electrons. The number of benzene rings is 3. The van der Waals surface area contributed by atoms with Gasteiger partial charge in [-0.1, -0.05) is 18.2 Å². The van der Waals surface area contributed by atoms with Gasteiger partial charge in [0.15, 0.2) is 0 Å². The van der Waals surface area contributed by atoms with Crippen molar-refractivity contribution >= 4 is 23.1 Å². The molecule has 3 aromatic carbocycles. The second-order valence-corrected chi connectivity index (χ2v) is 7.65. The minimum Gasteiger partial charge on any atom is -0.508 e. The van der Waals surface area contributed by atoms with E-state index in [2.05, 4.69) is 0 Å². The Morgan fingerprint density at radius 1 is 0.939 bits per heavy atom. The van der Waals surface area contributed by atoms with E-state index in [1.807, 2.05) is 6.92 Å². The van der Waals surface area contributed by atoms with E-state index in [0.29, 0.717) is 28.3 Å². The Labute approximate surface area is 191 Å². The molecular formula is C26H23NO6. The van der Waals surface area contributed by atoms with Crippen LogP contribution in [0.5, 0.6) is 17.2 Å². The van der Waals surface area contributed by atoms with Crippen LogP contribution >= 0.6 is 0 Å². The Kier molecular flexibility index (Phi) is 5.79. The zero-order valence-corrected chi connectivity index (χ0v) is 18.4. The quantitative estimate of drug-likeness (QED) is 0.345. The van der Waals surface area contributed by atoms with Gasteiger partial charge in [0.2, 0.25) is 0 Å². The number of aryl methyl sites for hydroxylation is 1.